The largest absolute Gasteiger partial charge is 0.454 e. The summed E-state index contributed by atoms with van der Waals surface area (Å²) in [5.74, 6) is 1.55. The Morgan fingerprint density at radius 1 is 1.19 bits per heavy atom. The van der Waals surface area contributed by atoms with Gasteiger partial charge in [0.05, 0.1) is 17.6 Å². The molecule has 4 aliphatic rings. The first-order valence-electron chi connectivity index (χ1n) is 7.41. The number of hydrogen-bond acceptors (Lipinski definition) is 5. The summed E-state index contributed by atoms with van der Waals surface area (Å²) in [5.41, 5.74) is 1.89. The minimum absolute atomic E-state index is 0.153. The van der Waals surface area contributed by atoms with E-state index in [0.717, 1.165) is 23.6 Å². The van der Waals surface area contributed by atoms with Gasteiger partial charge in [0, 0.05) is 19.1 Å². The first-order chi connectivity index (χ1) is 10.2. The Kier molecular flexibility index (Phi) is 2.17. The summed E-state index contributed by atoms with van der Waals surface area (Å²) in [4.78, 5) is 2.28. The van der Waals surface area contributed by atoms with E-state index in [1.807, 2.05) is 24.3 Å². The summed E-state index contributed by atoms with van der Waals surface area (Å²) in [6.45, 7) is 1.69. The van der Waals surface area contributed by atoms with Gasteiger partial charge >= 0.3 is 0 Å². The highest BCUT2D eigenvalue weighted by molar-refractivity contribution is 5.56. The van der Waals surface area contributed by atoms with Crippen molar-refractivity contribution in [1.29, 1.82) is 0 Å². The van der Waals surface area contributed by atoms with Gasteiger partial charge in [0.15, 0.2) is 11.5 Å². The maximum atomic E-state index is 10.7. The highest BCUT2D eigenvalue weighted by Crippen LogP contribution is 2.53. The molecule has 1 aliphatic carbocycles. The van der Waals surface area contributed by atoms with E-state index in [1.54, 1.807) is 0 Å². The molecule has 1 unspecified atom stereocenters. The van der Waals surface area contributed by atoms with Crippen LogP contribution in [-0.2, 0) is 12.0 Å². The first-order valence-corrected chi connectivity index (χ1v) is 7.41. The zero-order valence-electron chi connectivity index (χ0n) is 11.5. The normalized spacial score (nSPS) is 41.8. The van der Waals surface area contributed by atoms with E-state index in [1.165, 1.54) is 5.56 Å². The monoisotopic (exact) mass is 287 g/mol. The lowest BCUT2D eigenvalue weighted by atomic mass is 9.65. The molecular formula is C16H17NO4. The second kappa shape index (κ2) is 3.80. The van der Waals surface area contributed by atoms with E-state index in [0.29, 0.717) is 13.0 Å². The Morgan fingerprint density at radius 3 is 2.86 bits per heavy atom. The minimum atomic E-state index is -0.451. The fourth-order valence-electron chi connectivity index (χ4n) is 4.53. The molecule has 0 radical (unpaired) electrons. The van der Waals surface area contributed by atoms with Crippen LogP contribution in [-0.4, -0.2) is 46.7 Å². The molecule has 2 bridgehead atoms. The molecule has 1 aromatic rings. The zero-order valence-corrected chi connectivity index (χ0v) is 11.5. The Morgan fingerprint density at radius 2 is 2.00 bits per heavy atom. The van der Waals surface area contributed by atoms with E-state index in [4.69, 9.17) is 9.47 Å². The number of benzene rings is 1. The molecule has 3 aliphatic heterocycles. The van der Waals surface area contributed by atoms with Gasteiger partial charge in [-0.3, -0.25) is 4.90 Å². The third-order valence-corrected chi connectivity index (χ3v) is 5.45. The predicted octanol–water partition coefficient (Wildman–Crippen LogP) is 0.533. The Labute approximate surface area is 122 Å². The molecule has 1 saturated heterocycles. The molecule has 1 fully saturated rings. The summed E-state index contributed by atoms with van der Waals surface area (Å²) in [6, 6.07) is 4.22. The lowest BCUT2D eigenvalue weighted by molar-refractivity contribution is 0.0937. The Bertz CT molecular complexity index is 658. The minimum Gasteiger partial charge on any atom is -0.454 e. The van der Waals surface area contributed by atoms with Crippen LogP contribution in [0.2, 0.25) is 0 Å². The van der Waals surface area contributed by atoms with Gasteiger partial charge in [0.25, 0.3) is 0 Å². The number of hydrogen-bond donors (Lipinski definition) is 2. The van der Waals surface area contributed by atoms with Gasteiger partial charge in [0.1, 0.15) is 0 Å². The number of nitrogens with zero attached hydrogens (tertiary/aromatic N) is 1. The SMILES string of the molecule is O[C@@H]1C=C[C@]23c4cc5c(cc4CN(C[C@@H]2O)[C@H]3C1)OCO5. The molecule has 0 aromatic heterocycles. The fraction of sp³-hybridized carbons (Fsp3) is 0.500. The van der Waals surface area contributed by atoms with Crippen molar-refractivity contribution < 1.29 is 19.7 Å². The lowest BCUT2D eigenvalue weighted by Gasteiger charge is -2.45. The maximum Gasteiger partial charge on any atom is 0.231 e. The topological polar surface area (TPSA) is 62.2 Å². The van der Waals surface area contributed by atoms with Crippen molar-refractivity contribution in [3.63, 3.8) is 0 Å². The van der Waals surface area contributed by atoms with E-state index in [2.05, 4.69) is 4.90 Å². The predicted molar refractivity (Wildman–Crippen MR) is 74.2 cm³/mol. The maximum absolute atomic E-state index is 10.7. The molecule has 21 heavy (non-hydrogen) atoms. The summed E-state index contributed by atoms with van der Waals surface area (Å²) in [5, 5.41) is 20.7. The number of rotatable bonds is 0. The van der Waals surface area contributed by atoms with Crippen LogP contribution in [0.4, 0.5) is 0 Å². The summed E-state index contributed by atoms with van der Waals surface area (Å²) < 4.78 is 11.0. The zero-order chi connectivity index (χ0) is 14.2. The molecule has 0 amide bonds. The molecule has 5 heteroatoms. The highest BCUT2D eigenvalue weighted by Gasteiger charge is 2.58. The van der Waals surface area contributed by atoms with E-state index >= 15 is 0 Å². The molecule has 5 rings (SSSR count). The Balaban J connectivity index is 1.76. The van der Waals surface area contributed by atoms with Crippen LogP contribution in [0.15, 0.2) is 24.3 Å². The summed E-state index contributed by atoms with van der Waals surface area (Å²) >= 11 is 0. The van der Waals surface area contributed by atoms with Crippen LogP contribution in [0.3, 0.4) is 0 Å². The van der Waals surface area contributed by atoms with Crippen LogP contribution in [0.1, 0.15) is 17.5 Å². The second-order valence-corrected chi connectivity index (χ2v) is 6.42. The quantitative estimate of drug-likeness (QED) is 0.682. The molecule has 0 saturated carbocycles. The van der Waals surface area contributed by atoms with Gasteiger partial charge in [-0.15, -0.1) is 0 Å². The number of fused-ring (bicyclic) bond motifs is 2. The van der Waals surface area contributed by atoms with Crippen molar-refractivity contribution in [2.75, 3.05) is 13.3 Å². The average Bonchev–Trinajstić information content (AvgIpc) is 2.99. The van der Waals surface area contributed by atoms with E-state index in [-0.39, 0.29) is 12.8 Å². The van der Waals surface area contributed by atoms with Crippen molar-refractivity contribution in [3.05, 3.63) is 35.4 Å². The van der Waals surface area contributed by atoms with Crippen LogP contribution < -0.4 is 9.47 Å². The lowest BCUT2D eigenvalue weighted by Crippen LogP contribution is -2.52. The van der Waals surface area contributed by atoms with Crippen LogP contribution in [0, 0.1) is 0 Å². The third kappa shape index (κ3) is 1.36. The van der Waals surface area contributed by atoms with Crippen molar-refractivity contribution in [1.82, 2.24) is 4.90 Å². The van der Waals surface area contributed by atoms with Gasteiger partial charge in [-0.05, 0) is 29.7 Å². The molecule has 5 nitrogen and oxygen atoms in total. The molecule has 0 spiro atoms. The standard InChI is InChI=1S/C16H17NO4/c18-10-1-2-16-11-5-13-12(20-8-21-13)3-9(11)6-17(7-15(16)19)14(16)4-10/h1-3,5,10,14-15,18-19H,4,6-8H2/t10-,14+,15+,16-/m1/s1. The summed E-state index contributed by atoms with van der Waals surface area (Å²) in [7, 11) is 0. The molecule has 5 atom stereocenters. The van der Waals surface area contributed by atoms with Gasteiger partial charge in [-0.1, -0.05) is 12.2 Å². The van der Waals surface area contributed by atoms with E-state index in [9.17, 15) is 10.2 Å². The van der Waals surface area contributed by atoms with Crippen molar-refractivity contribution in [2.45, 2.75) is 36.6 Å². The van der Waals surface area contributed by atoms with Crippen molar-refractivity contribution in [3.8, 4) is 11.5 Å². The molecule has 1 aromatic carbocycles. The smallest absolute Gasteiger partial charge is 0.231 e. The van der Waals surface area contributed by atoms with Crippen LogP contribution in [0.5, 0.6) is 11.5 Å². The van der Waals surface area contributed by atoms with Crippen molar-refractivity contribution >= 4 is 0 Å². The van der Waals surface area contributed by atoms with E-state index < -0.39 is 17.6 Å². The molecular weight excluding hydrogens is 270 g/mol. The van der Waals surface area contributed by atoms with Gasteiger partial charge < -0.3 is 19.7 Å². The summed E-state index contributed by atoms with van der Waals surface area (Å²) in [6.07, 6.45) is 3.63. The van der Waals surface area contributed by atoms with Crippen molar-refractivity contribution in [2.24, 2.45) is 0 Å². The molecule has 3 heterocycles. The number of aliphatic hydroxyl groups is 2. The first kappa shape index (κ1) is 12.0. The number of aliphatic hydroxyl groups excluding tert-OH is 2. The number of ether oxygens (including phenoxy) is 2. The van der Waals surface area contributed by atoms with Crippen LogP contribution >= 0.6 is 0 Å². The van der Waals surface area contributed by atoms with Gasteiger partial charge in [-0.2, -0.15) is 0 Å². The molecule has 2 N–H and O–H groups in total. The second-order valence-electron chi connectivity index (χ2n) is 6.42. The fourth-order valence-corrected chi connectivity index (χ4v) is 4.53. The van der Waals surface area contributed by atoms with Gasteiger partial charge in [0.2, 0.25) is 6.79 Å². The Hall–Kier alpha value is -1.56. The molecule has 110 valence electrons. The third-order valence-electron chi connectivity index (χ3n) is 5.45. The van der Waals surface area contributed by atoms with Crippen LogP contribution in [0.25, 0.3) is 0 Å². The van der Waals surface area contributed by atoms with Gasteiger partial charge in [-0.25, -0.2) is 0 Å². The highest BCUT2D eigenvalue weighted by atomic mass is 16.7. The average molecular weight is 287 g/mol.